The quantitative estimate of drug-likeness (QED) is 0.723. The summed E-state index contributed by atoms with van der Waals surface area (Å²) in [5.74, 6) is -0.123. The zero-order chi connectivity index (χ0) is 12.0. The van der Waals surface area contributed by atoms with Crippen molar-refractivity contribution < 1.29 is 9.90 Å². The Labute approximate surface area is 111 Å². The Balaban J connectivity index is 2.25. The van der Waals surface area contributed by atoms with Crippen LogP contribution in [0.15, 0.2) is 36.5 Å². The fourth-order valence-corrected chi connectivity index (χ4v) is 2.46. The van der Waals surface area contributed by atoms with E-state index in [-0.39, 0.29) is 5.91 Å². The van der Waals surface area contributed by atoms with Gasteiger partial charge in [0.05, 0.1) is 11.3 Å². The lowest BCUT2D eigenvalue weighted by Crippen LogP contribution is -2.14. The molecule has 0 saturated heterocycles. The number of halogens is 1. The summed E-state index contributed by atoms with van der Waals surface area (Å²) in [6.07, 6.45) is 0.799. The van der Waals surface area contributed by atoms with Crippen molar-refractivity contribution in [2.45, 2.75) is 6.23 Å². The minimum Gasteiger partial charge on any atom is -0.368 e. The summed E-state index contributed by atoms with van der Waals surface area (Å²) in [7, 11) is 0. The van der Waals surface area contributed by atoms with E-state index in [0.29, 0.717) is 16.9 Å². The summed E-state index contributed by atoms with van der Waals surface area (Å²) in [6.45, 7) is 0. The number of nitrogens with zero attached hydrogens (tertiary/aromatic N) is 1. The molecule has 0 saturated carbocycles. The van der Waals surface area contributed by atoms with Gasteiger partial charge in [0.25, 0.3) is 5.91 Å². The molecular weight excluding hydrogens is 331 g/mol. The second kappa shape index (κ2) is 3.85. The first-order valence-corrected chi connectivity index (χ1v) is 6.21. The van der Waals surface area contributed by atoms with Gasteiger partial charge in [0.1, 0.15) is 0 Å². The molecule has 5 heteroatoms. The van der Waals surface area contributed by atoms with Crippen molar-refractivity contribution in [1.29, 1.82) is 0 Å². The molecule has 1 atom stereocenters. The van der Waals surface area contributed by atoms with E-state index < -0.39 is 6.23 Å². The molecule has 86 valence electrons. The molecule has 1 aromatic heterocycles. The number of nitrogens with one attached hydrogen (secondary N) is 1. The van der Waals surface area contributed by atoms with Crippen molar-refractivity contribution in [3.8, 4) is 0 Å². The standard InChI is InChI=1S/C12H9IN2O2/c13-7-3-4-9-8(6-7)12(17)15-5-1-2-10(15)11(16)14-9/h1-6,11,14,16H/t11-/m0/s1. The fourth-order valence-electron chi connectivity index (χ4n) is 1.97. The summed E-state index contributed by atoms with van der Waals surface area (Å²) >= 11 is 2.16. The molecule has 1 aromatic carbocycles. The molecule has 0 spiro atoms. The Morgan fingerprint density at radius 3 is 3.00 bits per heavy atom. The Morgan fingerprint density at radius 2 is 2.18 bits per heavy atom. The van der Waals surface area contributed by atoms with Gasteiger partial charge in [0, 0.05) is 15.5 Å². The molecule has 1 aliphatic rings. The average Bonchev–Trinajstić information content (AvgIpc) is 2.76. The number of hydrogen-bond donors (Lipinski definition) is 2. The number of aliphatic hydroxyl groups excluding tert-OH is 1. The molecule has 2 heterocycles. The third kappa shape index (κ3) is 1.66. The van der Waals surface area contributed by atoms with Crippen molar-refractivity contribution in [2.24, 2.45) is 0 Å². The number of anilines is 1. The molecule has 0 bridgehead atoms. The largest absolute Gasteiger partial charge is 0.368 e. The van der Waals surface area contributed by atoms with Crippen LogP contribution in [0, 0.1) is 3.57 Å². The number of hydrogen-bond acceptors (Lipinski definition) is 3. The monoisotopic (exact) mass is 340 g/mol. The van der Waals surface area contributed by atoms with Crippen molar-refractivity contribution >= 4 is 34.2 Å². The summed E-state index contributed by atoms with van der Waals surface area (Å²) < 4.78 is 2.46. The number of benzene rings is 1. The van der Waals surface area contributed by atoms with E-state index in [1.165, 1.54) is 4.57 Å². The van der Waals surface area contributed by atoms with Crippen LogP contribution in [0.1, 0.15) is 22.3 Å². The molecule has 3 rings (SSSR count). The second-order valence-corrected chi connectivity index (χ2v) is 5.09. The van der Waals surface area contributed by atoms with Crippen LogP contribution in [0.3, 0.4) is 0 Å². The molecule has 2 aromatic rings. The lowest BCUT2D eigenvalue weighted by atomic mass is 10.1. The van der Waals surface area contributed by atoms with Crippen molar-refractivity contribution in [3.63, 3.8) is 0 Å². The molecule has 2 N–H and O–H groups in total. The Hall–Kier alpha value is -1.34. The molecule has 0 amide bonds. The van der Waals surface area contributed by atoms with Gasteiger partial charge in [-0.1, -0.05) is 0 Å². The maximum atomic E-state index is 12.3. The third-order valence-corrected chi connectivity index (χ3v) is 3.45. The highest BCUT2D eigenvalue weighted by Gasteiger charge is 2.24. The van der Waals surface area contributed by atoms with Crippen molar-refractivity contribution in [3.05, 3.63) is 51.4 Å². The van der Waals surface area contributed by atoms with Gasteiger partial charge < -0.3 is 10.4 Å². The van der Waals surface area contributed by atoms with Crippen LogP contribution in [0.5, 0.6) is 0 Å². The highest BCUT2D eigenvalue weighted by molar-refractivity contribution is 14.1. The lowest BCUT2D eigenvalue weighted by molar-refractivity contribution is 0.0950. The number of rotatable bonds is 0. The predicted molar refractivity (Wildman–Crippen MR) is 71.9 cm³/mol. The number of carbonyl (C=O) groups excluding carboxylic acids is 1. The van der Waals surface area contributed by atoms with E-state index >= 15 is 0 Å². The molecule has 0 aliphatic carbocycles. The Morgan fingerprint density at radius 1 is 1.35 bits per heavy atom. The highest BCUT2D eigenvalue weighted by Crippen LogP contribution is 2.28. The topological polar surface area (TPSA) is 54.3 Å². The maximum absolute atomic E-state index is 12.3. The Bertz CT molecular complexity index is 606. The van der Waals surface area contributed by atoms with Crippen LogP contribution in [0.25, 0.3) is 0 Å². The van der Waals surface area contributed by atoms with E-state index in [0.717, 1.165) is 3.57 Å². The number of fused-ring (bicyclic) bond motifs is 2. The first-order valence-electron chi connectivity index (χ1n) is 5.13. The minimum atomic E-state index is -0.865. The first-order chi connectivity index (χ1) is 8.16. The van der Waals surface area contributed by atoms with E-state index in [4.69, 9.17) is 0 Å². The first kappa shape index (κ1) is 10.8. The summed E-state index contributed by atoms with van der Waals surface area (Å²) in [5, 5.41) is 12.9. The zero-order valence-electron chi connectivity index (χ0n) is 8.72. The molecule has 1 aliphatic heterocycles. The van der Waals surface area contributed by atoms with Gasteiger partial charge in [-0.15, -0.1) is 0 Å². The lowest BCUT2D eigenvalue weighted by Gasteiger charge is -2.11. The van der Waals surface area contributed by atoms with E-state index in [2.05, 4.69) is 27.9 Å². The van der Waals surface area contributed by atoms with E-state index in [9.17, 15) is 9.90 Å². The zero-order valence-corrected chi connectivity index (χ0v) is 10.9. The van der Waals surface area contributed by atoms with Crippen molar-refractivity contribution in [2.75, 3.05) is 5.32 Å². The molecule has 4 nitrogen and oxygen atoms in total. The highest BCUT2D eigenvalue weighted by atomic mass is 127. The fraction of sp³-hybridized carbons (Fsp3) is 0.0833. The van der Waals surface area contributed by atoms with Gasteiger partial charge in [-0.2, -0.15) is 0 Å². The van der Waals surface area contributed by atoms with E-state index in [1.807, 2.05) is 18.2 Å². The van der Waals surface area contributed by atoms with Crippen LogP contribution in [-0.2, 0) is 0 Å². The molecular formula is C12H9IN2O2. The smallest absolute Gasteiger partial charge is 0.264 e. The summed E-state index contributed by atoms with van der Waals surface area (Å²) in [5.41, 5.74) is 1.79. The molecule has 17 heavy (non-hydrogen) atoms. The van der Waals surface area contributed by atoms with Gasteiger partial charge in [-0.25, -0.2) is 0 Å². The van der Waals surface area contributed by atoms with Crippen LogP contribution in [0.2, 0.25) is 0 Å². The van der Waals surface area contributed by atoms with Gasteiger partial charge in [0.2, 0.25) is 0 Å². The Kier molecular flexibility index (Phi) is 2.44. The minimum absolute atomic E-state index is 0.123. The van der Waals surface area contributed by atoms with Gasteiger partial charge in [-0.3, -0.25) is 9.36 Å². The van der Waals surface area contributed by atoms with Gasteiger partial charge in [0.15, 0.2) is 6.23 Å². The molecule has 0 fully saturated rings. The number of carbonyl (C=O) groups is 1. The normalized spacial score (nSPS) is 18.0. The third-order valence-electron chi connectivity index (χ3n) is 2.78. The predicted octanol–water partition coefficient (Wildman–Crippen LogP) is 2.20. The molecule has 0 unspecified atom stereocenters. The van der Waals surface area contributed by atoms with Crippen molar-refractivity contribution in [1.82, 2.24) is 4.57 Å². The maximum Gasteiger partial charge on any atom is 0.264 e. The number of aromatic nitrogens is 1. The molecule has 0 radical (unpaired) electrons. The SMILES string of the molecule is O=C1c2cc(I)ccc2N[C@@H](O)c2cccn21. The van der Waals surface area contributed by atoms with Crippen LogP contribution < -0.4 is 5.32 Å². The van der Waals surface area contributed by atoms with Crippen LogP contribution >= 0.6 is 22.6 Å². The summed E-state index contributed by atoms with van der Waals surface area (Å²) in [4.78, 5) is 12.3. The van der Waals surface area contributed by atoms with Gasteiger partial charge in [-0.05, 0) is 52.9 Å². The van der Waals surface area contributed by atoms with Crippen LogP contribution in [0.4, 0.5) is 5.69 Å². The van der Waals surface area contributed by atoms with Gasteiger partial charge >= 0.3 is 0 Å². The average molecular weight is 340 g/mol. The number of aliphatic hydroxyl groups is 1. The van der Waals surface area contributed by atoms with Crippen LogP contribution in [-0.4, -0.2) is 15.6 Å². The second-order valence-electron chi connectivity index (χ2n) is 3.84. The van der Waals surface area contributed by atoms with E-state index in [1.54, 1.807) is 18.3 Å². The summed E-state index contributed by atoms with van der Waals surface area (Å²) in [6, 6.07) is 8.99.